The highest BCUT2D eigenvalue weighted by Crippen LogP contribution is 2.32. The van der Waals surface area contributed by atoms with E-state index in [1.54, 1.807) is 11.9 Å². The van der Waals surface area contributed by atoms with E-state index in [0.717, 1.165) is 17.7 Å². The summed E-state index contributed by atoms with van der Waals surface area (Å²) in [6, 6.07) is 13.8. The van der Waals surface area contributed by atoms with Gasteiger partial charge in [0.2, 0.25) is 0 Å². The molecule has 0 fully saturated rings. The van der Waals surface area contributed by atoms with Crippen molar-refractivity contribution in [1.29, 1.82) is 0 Å². The molecule has 0 saturated heterocycles. The lowest BCUT2D eigenvalue weighted by molar-refractivity contribution is -0.137. The summed E-state index contributed by atoms with van der Waals surface area (Å²) in [6.45, 7) is 2.81. The van der Waals surface area contributed by atoms with Crippen molar-refractivity contribution in [2.24, 2.45) is 0 Å². The van der Waals surface area contributed by atoms with Crippen LogP contribution in [0.25, 0.3) is 0 Å². The highest BCUT2D eigenvalue weighted by atomic mass is 19.4. The van der Waals surface area contributed by atoms with Gasteiger partial charge in [-0.2, -0.15) is 13.2 Å². The van der Waals surface area contributed by atoms with Crippen LogP contribution in [0.5, 0.6) is 5.75 Å². The number of alkyl halides is 3. The van der Waals surface area contributed by atoms with E-state index in [-0.39, 0.29) is 12.1 Å². The highest BCUT2D eigenvalue weighted by Gasteiger charge is 2.30. The fourth-order valence-corrected chi connectivity index (χ4v) is 2.55. The molecule has 1 atom stereocenters. The Morgan fingerprint density at radius 2 is 1.74 bits per heavy atom. The van der Waals surface area contributed by atoms with Gasteiger partial charge in [0.1, 0.15) is 11.9 Å². The molecule has 1 N–H and O–H groups in total. The maximum Gasteiger partial charge on any atom is 0.416 e. The highest BCUT2D eigenvalue weighted by molar-refractivity contribution is 5.73. The largest absolute Gasteiger partial charge is 0.486 e. The van der Waals surface area contributed by atoms with Gasteiger partial charge in [-0.05, 0) is 36.8 Å². The number of hydrogen-bond donors (Lipinski definition) is 1. The molecule has 0 aliphatic heterocycles. The van der Waals surface area contributed by atoms with Gasteiger partial charge in [-0.15, -0.1) is 0 Å². The molecular formula is C20H23F3N2O2. The maximum absolute atomic E-state index is 12.7. The number of ether oxygens (including phenoxy) is 1. The summed E-state index contributed by atoms with van der Waals surface area (Å²) in [5.41, 5.74) is 0.170. The van der Waals surface area contributed by atoms with Crippen LogP contribution in [-0.2, 0) is 6.18 Å². The minimum Gasteiger partial charge on any atom is -0.486 e. The van der Waals surface area contributed by atoms with Crippen molar-refractivity contribution < 1.29 is 22.7 Å². The third kappa shape index (κ3) is 6.20. The average molecular weight is 380 g/mol. The minimum atomic E-state index is -4.38. The first-order chi connectivity index (χ1) is 12.8. The Balaban J connectivity index is 2.10. The number of nitrogens with one attached hydrogen (secondary N) is 1. The van der Waals surface area contributed by atoms with E-state index in [2.05, 4.69) is 5.32 Å². The summed E-state index contributed by atoms with van der Waals surface area (Å²) in [4.78, 5) is 13.4. The number of halogens is 3. The molecule has 4 nitrogen and oxygen atoms in total. The third-order valence-electron chi connectivity index (χ3n) is 4.03. The summed E-state index contributed by atoms with van der Waals surface area (Å²) in [6.07, 6.45) is -4.27. The van der Waals surface area contributed by atoms with Crippen molar-refractivity contribution >= 4 is 6.03 Å². The molecule has 0 saturated carbocycles. The minimum absolute atomic E-state index is 0.182. The zero-order valence-corrected chi connectivity index (χ0v) is 15.3. The Morgan fingerprint density at radius 3 is 2.30 bits per heavy atom. The van der Waals surface area contributed by atoms with Gasteiger partial charge in [0.25, 0.3) is 0 Å². The second kappa shape index (κ2) is 9.30. The second-order valence-corrected chi connectivity index (χ2v) is 6.09. The van der Waals surface area contributed by atoms with Crippen molar-refractivity contribution in [3.63, 3.8) is 0 Å². The number of amides is 2. The number of rotatable bonds is 7. The van der Waals surface area contributed by atoms with Crippen molar-refractivity contribution in [3.05, 3.63) is 65.7 Å². The number of carbonyl (C=O) groups is 1. The molecule has 0 aromatic heterocycles. The number of nitrogens with zero attached hydrogens (tertiary/aromatic N) is 1. The first kappa shape index (κ1) is 20.6. The van der Waals surface area contributed by atoms with Crippen LogP contribution in [0.15, 0.2) is 54.6 Å². The van der Waals surface area contributed by atoms with Crippen LogP contribution < -0.4 is 10.1 Å². The molecule has 2 aromatic carbocycles. The van der Waals surface area contributed by atoms with Crippen LogP contribution in [-0.4, -0.2) is 31.1 Å². The Labute approximate surface area is 156 Å². The van der Waals surface area contributed by atoms with Crippen LogP contribution in [0.1, 0.15) is 30.6 Å². The quantitative estimate of drug-likeness (QED) is 0.744. The van der Waals surface area contributed by atoms with Gasteiger partial charge in [-0.1, -0.05) is 30.3 Å². The Morgan fingerprint density at radius 1 is 1.11 bits per heavy atom. The van der Waals surface area contributed by atoms with E-state index in [9.17, 15) is 18.0 Å². The van der Waals surface area contributed by atoms with E-state index in [1.165, 1.54) is 12.1 Å². The Kier molecular flexibility index (Phi) is 7.10. The predicted molar refractivity (Wildman–Crippen MR) is 97.6 cm³/mol. The second-order valence-electron chi connectivity index (χ2n) is 6.09. The smallest absolute Gasteiger partial charge is 0.416 e. The molecule has 2 rings (SSSR count). The van der Waals surface area contributed by atoms with E-state index in [1.807, 2.05) is 37.3 Å². The monoisotopic (exact) mass is 380 g/mol. The molecule has 146 valence electrons. The molecule has 27 heavy (non-hydrogen) atoms. The average Bonchev–Trinajstić information content (AvgIpc) is 2.65. The number of benzene rings is 2. The van der Waals surface area contributed by atoms with Crippen molar-refractivity contribution in [1.82, 2.24) is 10.2 Å². The maximum atomic E-state index is 12.7. The fourth-order valence-electron chi connectivity index (χ4n) is 2.55. The van der Waals surface area contributed by atoms with E-state index >= 15 is 0 Å². The van der Waals surface area contributed by atoms with Gasteiger partial charge in [0, 0.05) is 26.6 Å². The lowest BCUT2D eigenvalue weighted by Gasteiger charge is -2.23. The molecule has 7 heteroatoms. The van der Waals surface area contributed by atoms with Gasteiger partial charge >= 0.3 is 12.2 Å². The number of carbonyl (C=O) groups excluding carboxylic acids is 1. The molecule has 0 radical (unpaired) electrons. The summed E-state index contributed by atoms with van der Waals surface area (Å²) >= 11 is 0. The van der Waals surface area contributed by atoms with Gasteiger partial charge in [-0.25, -0.2) is 4.79 Å². The van der Waals surface area contributed by atoms with Crippen molar-refractivity contribution in [3.8, 4) is 5.75 Å². The van der Waals surface area contributed by atoms with Crippen LogP contribution in [0.3, 0.4) is 0 Å². The summed E-state index contributed by atoms with van der Waals surface area (Å²) in [5.74, 6) is 0.345. The Hall–Kier alpha value is -2.70. The SMILES string of the molecule is CCNC(=O)N(C)CCC(Oc1ccc(C(F)(F)F)cc1)c1ccccc1. The molecule has 2 aromatic rings. The standard InChI is InChI=1S/C20H23F3N2O2/c1-3-24-19(26)25(2)14-13-18(15-7-5-4-6-8-15)27-17-11-9-16(10-12-17)20(21,22)23/h4-12,18H,3,13-14H2,1-2H3,(H,24,26). The predicted octanol–water partition coefficient (Wildman–Crippen LogP) is 4.88. The van der Waals surface area contributed by atoms with Crippen molar-refractivity contribution in [2.75, 3.05) is 20.1 Å². The molecule has 0 aliphatic rings. The molecule has 0 aliphatic carbocycles. The van der Waals surface area contributed by atoms with Crippen LogP contribution in [0.4, 0.5) is 18.0 Å². The number of urea groups is 1. The Bertz CT molecular complexity index is 718. The fraction of sp³-hybridized carbons (Fsp3) is 0.350. The molecule has 0 spiro atoms. The molecule has 1 unspecified atom stereocenters. The summed E-state index contributed by atoms with van der Waals surface area (Å²) in [7, 11) is 1.69. The van der Waals surface area contributed by atoms with E-state index in [0.29, 0.717) is 25.3 Å². The topological polar surface area (TPSA) is 41.6 Å². The van der Waals surface area contributed by atoms with E-state index < -0.39 is 11.7 Å². The third-order valence-corrected chi connectivity index (χ3v) is 4.03. The zero-order valence-electron chi connectivity index (χ0n) is 15.3. The van der Waals surface area contributed by atoms with Gasteiger partial charge < -0.3 is 15.0 Å². The lowest BCUT2D eigenvalue weighted by Crippen LogP contribution is -2.38. The number of hydrogen-bond acceptors (Lipinski definition) is 2. The molecule has 0 bridgehead atoms. The first-order valence-electron chi connectivity index (χ1n) is 8.69. The van der Waals surface area contributed by atoms with Gasteiger partial charge in [-0.3, -0.25) is 0 Å². The summed E-state index contributed by atoms with van der Waals surface area (Å²) in [5, 5.41) is 2.72. The normalized spacial score (nSPS) is 12.3. The lowest BCUT2D eigenvalue weighted by atomic mass is 10.1. The summed E-state index contributed by atoms with van der Waals surface area (Å²) < 4.78 is 44.1. The molecule has 0 heterocycles. The van der Waals surface area contributed by atoms with E-state index in [4.69, 9.17) is 4.74 Å². The van der Waals surface area contributed by atoms with Crippen molar-refractivity contribution in [2.45, 2.75) is 25.6 Å². The molecular weight excluding hydrogens is 357 g/mol. The first-order valence-corrected chi connectivity index (χ1v) is 8.69. The van der Waals surface area contributed by atoms with Gasteiger partial charge in [0.05, 0.1) is 5.56 Å². The molecule has 2 amide bonds. The van der Waals surface area contributed by atoms with Crippen LogP contribution in [0, 0.1) is 0 Å². The van der Waals surface area contributed by atoms with Gasteiger partial charge in [0.15, 0.2) is 0 Å². The van der Waals surface area contributed by atoms with Crippen LogP contribution in [0.2, 0.25) is 0 Å². The zero-order chi connectivity index (χ0) is 19.9. The van der Waals surface area contributed by atoms with Crippen LogP contribution >= 0.6 is 0 Å².